The predicted octanol–water partition coefficient (Wildman–Crippen LogP) is 4.41. The second kappa shape index (κ2) is 7.10. The summed E-state index contributed by atoms with van der Waals surface area (Å²) in [5.41, 5.74) is 4.01. The highest BCUT2D eigenvalue weighted by molar-refractivity contribution is 6.68. The van der Waals surface area contributed by atoms with Crippen molar-refractivity contribution >= 4 is 22.9 Å². The highest BCUT2D eigenvalue weighted by atomic mass is 35.5. The maximum absolute atomic E-state index is 11.2. The van der Waals surface area contributed by atoms with Gasteiger partial charge in [0.1, 0.15) is 6.10 Å². The molecule has 0 fully saturated rings. The van der Waals surface area contributed by atoms with Gasteiger partial charge in [-0.15, -0.1) is 0 Å². The number of rotatable bonds is 5. The Balaban J connectivity index is 1.82. The van der Waals surface area contributed by atoms with Crippen LogP contribution in [-0.4, -0.2) is 18.5 Å². The van der Waals surface area contributed by atoms with E-state index in [4.69, 9.17) is 21.1 Å². The van der Waals surface area contributed by atoms with E-state index in [-0.39, 0.29) is 6.10 Å². The minimum absolute atomic E-state index is 0.0892. The Kier molecular flexibility index (Phi) is 4.91. The van der Waals surface area contributed by atoms with Crippen LogP contribution >= 0.6 is 11.6 Å². The third kappa shape index (κ3) is 3.62. The average Bonchev–Trinajstić information content (AvgIpc) is 2.97. The van der Waals surface area contributed by atoms with Crippen molar-refractivity contribution in [2.75, 3.05) is 7.11 Å². The summed E-state index contributed by atoms with van der Waals surface area (Å²) < 4.78 is 11.6. The minimum atomic E-state index is -0.459. The molecule has 0 atom stereocenters. The zero-order valence-electron chi connectivity index (χ0n) is 13.7. The fraction of sp³-hybridized carbons (Fsp3) is 0.250. The molecule has 1 aliphatic rings. The Hall–Kier alpha value is -2.26. The lowest BCUT2D eigenvalue weighted by Gasteiger charge is -2.16. The van der Waals surface area contributed by atoms with Gasteiger partial charge >= 0.3 is 0 Å². The molecule has 3 rings (SSSR count). The molecule has 3 nitrogen and oxygen atoms in total. The zero-order valence-corrected chi connectivity index (χ0v) is 14.5. The molecule has 0 saturated heterocycles. The van der Waals surface area contributed by atoms with Crippen LogP contribution in [0.5, 0.6) is 11.5 Å². The SMILES string of the molecule is COc1ccc(C=C(C)C(=O)Cl)cc1OC1Cc2ccccc2C1. The molecule has 0 unspecified atom stereocenters. The maximum Gasteiger partial charge on any atom is 0.248 e. The van der Waals surface area contributed by atoms with Crippen molar-refractivity contribution in [3.05, 3.63) is 64.7 Å². The molecule has 0 radical (unpaired) electrons. The highest BCUT2D eigenvalue weighted by Crippen LogP contribution is 2.33. The molecule has 2 aromatic carbocycles. The van der Waals surface area contributed by atoms with E-state index in [1.807, 2.05) is 18.2 Å². The molecule has 0 heterocycles. The van der Waals surface area contributed by atoms with Crippen LogP contribution < -0.4 is 9.47 Å². The van der Waals surface area contributed by atoms with Crippen molar-refractivity contribution in [1.82, 2.24) is 0 Å². The van der Waals surface area contributed by atoms with Gasteiger partial charge in [-0.2, -0.15) is 0 Å². The largest absolute Gasteiger partial charge is 0.493 e. The molecule has 24 heavy (non-hydrogen) atoms. The summed E-state index contributed by atoms with van der Waals surface area (Å²) in [5.74, 6) is 1.36. The Labute approximate surface area is 146 Å². The number of benzene rings is 2. The van der Waals surface area contributed by atoms with Crippen molar-refractivity contribution in [3.8, 4) is 11.5 Å². The molecule has 0 saturated carbocycles. The molecule has 124 valence electrons. The first-order valence-electron chi connectivity index (χ1n) is 7.86. The molecule has 0 aliphatic heterocycles. The quantitative estimate of drug-likeness (QED) is 0.596. The number of ether oxygens (including phenoxy) is 2. The second-order valence-corrected chi connectivity index (χ2v) is 6.27. The predicted molar refractivity (Wildman–Crippen MR) is 95.8 cm³/mol. The van der Waals surface area contributed by atoms with Gasteiger partial charge in [-0.1, -0.05) is 30.3 Å². The van der Waals surface area contributed by atoms with Crippen LogP contribution in [0, 0.1) is 0 Å². The summed E-state index contributed by atoms with van der Waals surface area (Å²) in [6.07, 6.45) is 3.61. The van der Waals surface area contributed by atoms with Crippen molar-refractivity contribution in [3.63, 3.8) is 0 Å². The van der Waals surface area contributed by atoms with Crippen molar-refractivity contribution in [1.29, 1.82) is 0 Å². The van der Waals surface area contributed by atoms with E-state index in [1.165, 1.54) is 11.1 Å². The summed E-state index contributed by atoms with van der Waals surface area (Å²) in [4.78, 5) is 11.2. The average molecular weight is 343 g/mol. The van der Waals surface area contributed by atoms with E-state index in [2.05, 4.69) is 24.3 Å². The molecule has 1 aliphatic carbocycles. The van der Waals surface area contributed by atoms with Crippen LogP contribution in [0.15, 0.2) is 48.0 Å². The molecule has 0 N–H and O–H groups in total. The first-order chi connectivity index (χ1) is 11.6. The Bertz CT molecular complexity index is 770. The lowest BCUT2D eigenvalue weighted by atomic mass is 10.1. The number of hydrogen-bond acceptors (Lipinski definition) is 3. The van der Waals surface area contributed by atoms with E-state index in [1.54, 1.807) is 20.1 Å². The first-order valence-corrected chi connectivity index (χ1v) is 8.24. The van der Waals surface area contributed by atoms with E-state index >= 15 is 0 Å². The summed E-state index contributed by atoms with van der Waals surface area (Å²) in [5, 5.41) is -0.459. The van der Waals surface area contributed by atoms with Crippen LogP contribution in [0.1, 0.15) is 23.6 Å². The van der Waals surface area contributed by atoms with Gasteiger partial charge in [0.15, 0.2) is 11.5 Å². The van der Waals surface area contributed by atoms with Gasteiger partial charge in [0.05, 0.1) is 7.11 Å². The van der Waals surface area contributed by atoms with E-state index in [0.717, 1.165) is 18.4 Å². The number of halogens is 1. The van der Waals surface area contributed by atoms with Gasteiger partial charge < -0.3 is 9.47 Å². The molecular formula is C20H19ClO3. The van der Waals surface area contributed by atoms with Gasteiger partial charge in [-0.05, 0) is 53.4 Å². The van der Waals surface area contributed by atoms with Gasteiger partial charge in [0.2, 0.25) is 5.24 Å². The van der Waals surface area contributed by atoms with Gasteiger partial charge in [-0.3, -0.25) is 4.79 Å². The van der Waals surface area contributed by atoms with Crippen LogP contribution in [0.3, 0.4) is 0 Å². The lowest BCUT2D eigenvalue weighted by Crippen LogP contribution is -2.16. The first kappa shape index (κ1) is 16.6. The number of allylic oxidation sites excluding steroid dienone is 1. The van der Waals surface area contributed by atoms with Crippen molar-refractivity contribution < 1.29 is 14.3 Å². The van der Waals surface area contributed by atoms with Crippen molar-refractivity contribution in [2.45, 2.75) is 25.9 Å². The second-order valence-electron chi connectivity index (χ2n) is 5.93. The normalized spacial score (nSPS) is 14.4. The molecule has 0 aromatic heterocycles. The maximum atomic E-state index is 11.2. The summed E-state index contributed by atoms with van der Waals surface area (Å²) in [7, 11) is 1.62. The molecular weight excluding hydrogens is 324 g/mol. The van der Waals surface area contributed by atoms with Crippen LogP contribution in [0.25, 0.3) is 6.08 Å². The van der Waals surface area contributed by atoms with Crippen molar-refractivity contribution in [2.24, 2.45) is 0 Å². The zero-order chi connectivity index (χ0) is 17.1. The van der Waals surface area contributed by atoms with E-state index < -0.39 is 5.24 Å². The minimum Gasteiger partial charge on any atom is -0.493 e. The number of fused-ring (bicyclic) bond motifs is 1. The van der Waals surface area contributed by atoms with Crippen LogP contribution in [0.4, 0.5) is 0 Å². The Morgan fingerprint density at radius 1 is 1.12 bits per heavy atom. The smallest absolute Gasteiger partial charge is 0.248 e. The molecule has 0 spiro atoms. The van der Waals surface area contributed by atoms with Gasteiger partial charge in [0.25, 0.3) is 0 Å². The van der Waals surface area contributed by atoms with E-state index in [9.17, 15) is 4.79 Å². The fourth-order valence-corrected chi connectivity index (χ4v) is 3.02. The number of methoxy groups -OCH3 is 1. The van der Waals surface area contributed by atoms with Crippen LogP contribution in [0.2, 0.25) is 0 Å². The number of carbonyl (C=O) groups is 1. The molecule has 2 aromatic rings. The third-order valence-corrected chi connectivity index (χ3v) is 4.49. The fourth-order valence-electron chi connectivity index (χ4n) is 2.96. The van der Waals surface area contributed by atoms with Gasteiger partial charge in [-0.25, -0.2) is 0 Å². The summed E-state index contributed by atoms with van der Waals surface area (Å²) in [6.45, 7) is 1.69. The molecule has 0 amide bonds. The van der Waals surface area contributed by atoms with Gasteiger partial charge in [0, 0.05) is 18.4 Å². The summed E-state index contributed by atoms with van der Waals surface area (Å²) >= 11 is 5.50. The monoisotopic (exact) mass is 342 g/mol. The van der Waals surface area contributed by atoms with Crippen LogP contribution in [-0.2, 0) is 17.6 Å². The molecule has 4 heteroatoms. The number of carbonyl (C=O) groups excluding carboxylic acids is 1. The Morgan fingerprint density at radius 2 is 1.79 bits per heavy atom. The van der Waals surface area contributed by atoms with E-state index in [0.29, 0.717) is 17.1 Å². The Morgan fingerprint density at radius 3 is 2.38 bits per heavy atom. The lowest BCUT2D eigenvalue weighted by molar-refractivity contribution is -0.108. The number of hydrogen-bond donors (Lipinski definition) is 0. The summed E-state index contributed by atoms with van der Waals surface area (Å²) in [6, 6.07) is 14.0. The third-order valence-electron chi connectivity index (χ3n) is 4.19. The highest BCUT2D eigenvalue weighted by Gasteiger charge is 2.23. The molecule has 0 bridgehead atoms. The standard InChI is InChI=1S/C20H19ClO3/c1-13(20(21)22)9-14-7-8-18(23-2)19(10-14)24-17-11-15-5-3-4-6-16(15)12-17/h3-10,17H,11-12H2,1-2H3. The topological polar surface area (TPSA) is 35.5 Å².